The first-order valence-electron chi connectivity index (χ1n) is 5.46. The Morgan fingerprint density at radius 2 is 2.00 bits per heavy atom. The van der Waals surface area contributed by atoms with Crippen LogP contribution in [0.4, 0.5) is 10.5 Å². The van der Waals surface area contributed by atoms with Crippen LogP contribution >= 0.6 is 0 Å². The fourth-order valence-corrected chi connectivity index (χ4v) is 1.20. The second kappa shape index (κ2) is 5.35. The molecule has 1 rings (SSSR count). The van der Waals surface area contributed by atoms with Gasteiger partial charge in [-0.25, -0.2) is 4.79 Å². The number of amides is 2. The molecule has 0 saturated carbocycles. The minimum Gasteiger partial charge on any atom is -0.337 e. The van der Waals surface area contributed by atoms with Gasteiger partial charge < -0.3 is 10.6 Å². The second-order valence-corrected chi connectivity index (χ2v) is 5.03. The molecule has 0 aliphatic carbocycles. The number of para-hydroxylation sites is 1. The number of anilines is 1. The molecule has 0 aliphatic heterocycles. The summed E-state index contributed by atoms with van der Waals surface area (Å²) in [5, 5.41) is 14.3. The zero-order valence-corrected chi connectivity index (χ0v) is 10.4. The zero-order valence-electron chi connectivity index (χ0n) is 10.4. The summed E-state index contributed by atoms with van der Waals surface area (Å²) in [4.78, 5) is 11.6. The van der Waals surface area contributed by atoms with Crippen LogP contribution in [0.2, 0.25) is 0 Å². The van der Waals surface area contributed by atoms with Crippen LogP contribution in [0.15, 0.2) is 24.3 Å². The van der Waals surface area contributed by atoms with Gasteiger partial charge in [-0.05, 0) is 17.5 Å². The maximum absolute atomic E-state index is 11.6. The lowest BCUT2D eigenvalue weighted by atomic mass is 9.97. The zero-order chi connectivity index (χ0) is 12.9. The number of nitrogens with one attached hydrogen (secondary N) is 2. The fraction of sp³-hybridized carbons (Fsp3) is 0.385. The Labute approximate surface area is 102 Å². The van der Waals surface area contributed by atoms with Crippen molar-refractivity contribution in [3.63, 3.8) is 0 Å². The molecule has 0 unspecified atom stereocenters. The van der Waals surface area contributed by atoms with Crippen LogP contribution in [-0.2, 0) is 0 Å². The number of nitriles is 1. The van der Waals surface area contributed by atoms with Crippen LogP contribution in [0.5, 0.6) is 0 Å². The molecule has 1 aromatic rings. The van der Waals surface area contributed by atoms with Crippen molar-refractivity contribution in [2.24, 2.45) is 5.41 Å². The van der Waals surface area contributed by atoms with Crippen LogP contribution in [0.3, 0.4) is 0 Å². The Morgan fingerprint density at radius 3 is 2.59 bits per heavy atom. The summed E-state index contributed by atoms with van der Waals surface area (Å²) in [6.07, 6.45) is 0. The summed E-state index contributed by atoms with van der Waals surface area (Å²) >= 11 is 0. The number of benzene rings is 1. The van der Waals surface area contributed by atoms with E-state index in [2.05, 4.69) is 10.6 Å². The van der Waals surface area contributed by atoms with Crippen LogP contribution < -0.4 is 10.6 Å². The molecule has 17 heavy (non-hydrogen) atoms. The molecule has 4 heteroatoms. The monoisotopic (exact) mass is 231 g/mol. The SMILES string of the molecule is CC(C)(C)CNC(=O)Nc1ccccc1C#N. The summed E-state index contributed by atoms with van der Waals surface area (Å²) in [5.74, 6) is 0. The highest BCUT2D eigenvalue weighted by atomic mass is 16.2. The maximum atomic E-state index is 11.6. The topological polar surface area (TPSA) is 64.9 Å². The molecule has 0 heterocycles. The standard InChI is InChI=1S/C13H17N3O/c1-13(2,3)9-15-12(17)16-11-7-5-4-6-10(11)8-14/h4-7H,9H2,1-3H3,(H2,15,16,17). The van der Waals surface area contributed by atoms with E-state index in [0.29, 0.717) is 17.8 Å². The summed E-state index contributed by atoms with van der Waals surface area (Å²) in [5.41, 5.74) is 1.02. The van der Waals surface area contributed by atoms with Gasteiger partial charge in [0, 0.05) is 6.54 Å². The number of urea groups is 1. The molecule has 90 valence electrons. The molecule has 0 spiro atoms. The van der Waals surface area contributed by atoms with E-state index >= 15 is 0 Å². The largest absolute Gasteiger partial charge is 0.337 e. The lowest BCUT2D eigenvalue weighted by Crippen LogP contribution is -2.35. The number of carbonyl (C=O) groups is 1. The van der Waals surface area contributed by atoms with Crippen molar-refractivity contribution in [2.45, 2.75) is 20.8 Å². The summed E-state index contributed by atoms with van der Waals surface area (Å²) in [6, 6.07) is 8.65. The highest BCUT2D eigenvalue weighted by Gasteiger charge is 2.12. The first-order chi connectivity index (χ1) is 7.92. The van der Waals surface area contributed by atoms with Gasteiger partial charge in [-0.15, -0.1) is 0 Å². The van der Waals surface area contributed by atoms with Crippen LogP contribution in [0, 0.1) is 16.7 Å². The Balaban J connectivity index is 2.60. The molecule has 0 radical (unpaired) electrons. The Bertz CT molecular complexity index is 441. The molecule has 0 aliphatic rings. The molecule has 2 amide bonds. The number of hydrogen-bond donors (Lipinski definition) is 2. The van der Waals surface area contributed by atoms with Crippen LogP contribution in [-0.4, -0.2) is 12.6 Å². The smallest absolute Gasteiger partial charge is 0.319 e. The predicted octanol–water partition coefficient (Wildman–Crippen LogP) is 2.73. The van der Waals surface area contributed by atoms with Crippen molar-refractivity contribution < 1.29 is 4.79 Å². The van der Waals surface area contributed by atoms with Gasteiger partial charge in [0.2, 0.25) is 0 Å². The van der Waals surface area contributed by atoms with Gasteiger partial charge in [0.05, 0.1) is 11.3 Å². The number of carbonyl (C=O) groups excluding carboxylic acids is 1. The van der Waals surface area contributed by atoms with Crippen molar-refractivity contribution in [1.82, 2.24) is 5.32 Å². The Kier molecular flexibility index (Phi) is 4.11. The highest BCUT2D eigenvalue weighted by Crippen LogP contribution is 2.14. The lowest BCUT2D eigenvalue weighted by molar-refractivity contribution is 0.247. The number of rotatable bonds is 2. The molecular weight excluding hydrogens is 214 g/mol. The Morgan fingerprint density at radius 1 is 1.35 bits per heavy atom. The van der Waals surface area contributed by atoms with Gasteiger partial charge in [0.15, 0.2) is 0 Å². The average molecular weight is 231 g/mol. The summed E-state index contributed by atoms with van der Waals surface area (Å²) in [7, 11) is 0. The molecule has 0 saturated heterocycles. The lowest BCUT2D eigenvalue weighted by Gasteiger charge is -2.19. The van der Waals surface area contributed by atoms with Gasteiger partial charge in [-0.3, -0.25) is 0 Å². The van der Waals surface area contributed by atoms with E-state index in [-0.39, 0.29) is 11.4 Å². The van der Waals surface area contributed by atoms with Crippen molar-refractivity contribution in [3.8, 4) is 6.07 Å². The molecule has 0 fully saturated rings. The maximum Gasteiger partial charge on any atom is 0.319 e. The van der Waals surface area contributed by atoms with Gasteiger partial charge in [-0.2, -0.15) is 5.26 Å². The van der Waals surface area contributed by atoms with Gasteiger partial charge in [0.1, 0.15) is 6.07 Å². The van der Waals surface area contributed by atoms with Gasteiger partial charge >= 0.3 is 6.03 Å². The molecule has 4 nitrogen and oxygen atoms in total. The van der Waals surface area contributed by atoms with E-state index in [1.54, 1.807) is 24.3 Å². The Hall–Kier alpha value is -2.02. The second-order valence-electron chi connectivity index (χ2n) is 5.03. The van der Waals surface area contributed by atoms with E-state index in [4.69, 9.17) is 5.26 Å². The average Bonchev–Trinajstić information content (AvgIpc) is 2.26. The highest BCUT2D eigenvalue weighted by molar-refractivity contribution is 5.90. The van der Waals surface area contributed by atoms with E-state index in [0.717, 1.165) is 0 Å². The van der Waals surface area contributed by atoms with E-state index < -0.39 is 0 Å². The quantitative estimate of drug-likeness (QED) is 0.821. The first kappa shape index (κ1) is 13.0. The molecule has 0 atom stereocenters. The normalized spacial score (nSPS) is 10.5. The minimum atomic E-state index is -0.289. The molecule has 0 aromatic heterocycles. The number of hydrogen-bond acceptors (Lipinski definition) is 2. The summed E-state index contributed by atoms with van der Waals surface area (Å²) in [6.45, 7) is 6.69. The van der Waals surface area contributed by atoms with Crippen molar-refractivity contribution in [1.29, 1.82) is 5.26 Å². The minimum absolute atomic E-state index is 0.0338. The molecule has 1 aromatic carbocycles. The molecule has 2 N–H and O–H groups in total. The fourth-order valence-electron chi connectivity index (χ4n) is 1.20. The third-order valence-electron chi connectivity index (χ3n) is 2.07. The van der Waals surface area contributed by atoms with Crippen molar-refractivity contribution in [2.75, 3.05) is 11.9 Å². The van der Waals surface area contributed by atoms with E-state index in [1.165, 1.54) is 0 Å². The first-order valence-corrected chi connectivity index (χ1v) is 5.46. The van der Waals surface area contributed by atoms with E-state index in [1.807, 2.05) is 26.8 Å². The predicted molar refractivity (Wildman–Crippen MR) is 67.6 cm³/mol. The summed E-state index contributed by atoms with van der Waals surface area (Å²) < 4.78 is 0. The van der Waals surface area contributed by atoms with Crippen molar-refractivity contribution >= 4 is 11.7 Å². The third kappa shape index (κ3) is 4.56. The van der Waals surface area contributed by atoms with Gasteiger partial charge in [0.25, 0.3) is 0 Å². The molecule has 0 bridgehead atoms. The van der Waals surface area contributed by atoms with Crippen molar-refractivity contribution in [3.05, 3.63) is 29.8 Å². The molecular formula is C13H17N3O. The van der Waals surface area contributed by atoms with Crippen LogP contribution in [0.25, 0.3) is 0 Å². The number of nitrogens with zero attached hydrogens (tertiary/aromatic N) is 1. The van der Waals surface area contributed by atoms with E-state index in [9.17, 15) is 4.79 Å². The third-order valence-corrected chi connectivity index (χ3v) is 2.07. The van der Waals surface area contributed by atoms with Crippen LogP contribution in [0.1, 0.15) is 26.3 Å². The van der Waals surface area contributed by atoms with Gasteiger partial charge in [-0.1, -0.05) is 32.9 Å².